The number of carbonyl (C=O) groups is 2. The Kier molecular flexibility index (Phi) is 9.09. The van der Waals surface area contributed by atoms with Crippen molar-refractivity contribution < 1.29 is 9.59 Å². The van der Waals surface area contributed by atoms with Gasteiger partial charge in [-0.3, -0.25) is 9.59 Å². The molecule has 7 heteroatoms. The third-order valence-corrected chi connectivity index (χ3v) is 3.44. The van der Waals surface area contributed by atoms with E-state index in [-0.39, 0.29) is 42.7 Å². The Labute approximate surface area is 142 Å². The molecular weight excluding hydrogens is 325 g/mol. The molecule has 124 valence electrons. The van der Waals surface area contributed by atoms with Crippen LogP contribution in [0.5, 0.6) is 0 Å². The number of rotatable bonds is 6. The van der Waals surface area contributed by atoms with Crippen molar-refractivity contribution in [2.45, 2.75) is 32.9 Å². The van der Waals surface area contributed by atoms with Gasteiger partial charge in [-0.2, -0.15) is 0 Å². The summed E-state index contributed by atoms with van der Waals surface area (Å²) in [5.41, 5.74) is 6.64. The fourth-order valence-corrected chi connectivity index (χ4v) is 1.84. The lowest BCUT2D eigenvalue weighted by atomic mass is 10.1. The lowest BCUT2D eigenvalue weighted by Crippen LogP contribution is -2.47. The molecule has 0 bridgehead atoms. The van der Waals surface area contributed by atoms with E-state index in [0.717, 1.165) is 5.56 Å². The van der Waals surface area contributed by atoms with E-state index in [2.05, 4.69) is 10.6 Å². The Hall–Kier alpha value is -1.30. The van der Waals surface area contributed by atoms with Crippen molar-refractivity contribution in [2.75, 3.05) is 6.54 Å². The molecule has 0 saturated carbocycles. The molecule has 0 aliphatic rings. The van der Waals surface area contributed by atoms with E-state index in [1.165, 1.54) is 0 Å². The van der Waals surface area contributed by atoms with E-state index in [4.69, 9.17) is 17.3 Å². The standard InChI is InChI=1S/C15H22ClN3O2.ClH/c1-9(2)14(17)15(21)18-8-13(20)19-10(3)11-4-6-12(16)7-5-11;/h4-7,9-10,14H,8,17H2,1-3H3,(H,18,21)(H,19,20);1H/t10?,14-;/m0./s1. The molecule has 1 unspecified atom stereocenters. The zero-order chi connectivity index (χ0) is 16.0. The van der Waals surface area contributed by atoms with Crippen LogP contribution in [-0.4, -0.2) is 24.4 Å². The molecule has 0 heterocycles. The number of hydrogen-bond donors (Lipinski definition) is 3. The number of benzene rings is 1. The normalized spacial score (nSPS) is 13.0. The van der Waals surface area contributed by atoms with E-state index in [9.17, 15) is 9.59 Å². The molecule has 4 N–H and O–H groups in total. The fourth-order valence-electron chi connectivity index (χ4n) is 1.72. The highest BCUT2D eigenvalue weighted by Crippen LogP contribution is 2.15. The van der Waals surface area contributed by atoms with Gasteiger partial charge in [-0.25, -0.2) is 0 Å². The summed E-state index contributed by atoms with van der Waals surface area (Å²) in [6.07, 6.45) is 0. The van der Waals surface area contributed by atoms with Gasteiger partial charge in [-0.15, -0.1) is 12.4 Å². The summed E-state index contributed by atoms with van der Waals surface area (Å²) in [6.45, 7) is 5.49. The Morgan fingerprint density at radius 1 is 1.18 bits per heavy atom. The predicted octanol–water partition coefficient (Wildman–Crippen LogP) is 2.04. The lowest BCUT2D eigenvalue weighted by molar-refractivity contribution is -0.127. The summed E-state index contributed by atoms with van der Waals surface area (Å²) in [4.78, 5) is 23.4. The van der Waals surface area contributed by atoms with Crippen molar-refractivity contribution in [3.63, 3.8) is 0 Å². The Morgan fingerprint density at radius 2 is 1.73 bits per heavy atom. The summed E-state index contributed by atoms with van der Waals surface area (Å²) in [5.74, 6) is -0.554. The first-order valence-electron chi connectivity index (χ1n) is 6.89. The number of hydrogen-bond acceptors (Lipinski definition) is 3. The van der Waals surface area contributed by atoms with Crippen LogP contribution in [-0.2, 0) is 9.59 Å². The Morgan fingerprint density at radius 3 is 2.23 bits per heavy atom. The van der Waals surface area contributed by atoms with Crippen LogP contribution in [0, 0.1) is 5.92 Å². The SMILES string of the molecule is CC(NC(=O)CNC(=O)[C@@H](N)C(C)C)c1ccc(Cl)cc1.Cl. The van der Waals surface area contributed by atoms with Gasteiger partial charge in [0, 0.05) is 5.02 Å². The first-order valence-corrected chi connectivity index (χ1v) is 7.27. The van der Waals surface area contributed by atoms with Crippen molar-refractivity contribution in [3.05, 3.63) is 34.9 Å². The van der Waals surface area contributed by atoms with Crippen LogP contribution in [0.15, 0.2) is 24.3 Å². The topological polar surface area (TPSA) is 84.2 Å². The molecule has 0 radical (unpaired) electrons. The van der Waals surface area contributed by atoms with E-state index in [1.807, 2.05) is 32.9 Å². The molecule has 1 aromatic rings. The van der Waals surface area contributed by atoms with Crippen molar-refractivity contribution in [1.82, 2.24) is 10.6 Å². The molecule has 1 rings (SSSR count). The highest BCUT2D eigenvalue weighted by Gasteiger charge is 2.18. The molecule has 0 aromatic heterocycles. The predicted molar refractivity (Wildman–Crippen MR) is 91.1 cm³/mol. The van der Waals surface area contributed by atoms with Crippen LogP contribution >= 0.6 is 24.0 Å². The van der Waals surface area contributed by atoms with E-state index in [0.29, 0.717) is 5.02 Å². The molecule has 2 amide bonds. The highest BCUT2D eigenvalue weighted by atomic mass is 35.5. The van der Waals surface area contributed by atoms with Crippen molar-refractivity contribution in [3.8, 4) is 0 Å². The van der Waals surface area contributed by atoms with Crippen LogP contribution in [0.2, 0.25) is 5.02 Å². The van der Waals surface area contributed by atoms with Crippen LogP contribution < -0.4 is 16.4 Å². The molecule has 0 saturated heterocycles. The molecule has 0 fully saturated rings. The van der Waals surface area contributed by atoms with Crippen LogP contribution in [0.25, 0.3) is 0 Å². The van der Waals surface area contributed by atoms with Gasteiger partial charge in [-0.05, 0) is 30.5 Å². The van der Waals surface area contributed by atoms with E-state index >= 15 is 0 Å². The molecule has 0 aliphatic heterocycles. The number of carbonyl (C=O) groups excluding carboxylic acids is 2. The molecule has 5 nitrogen and oxygen atoms in total. The second-order valence-corrected chi connectivity index (χ2v) is 5.76. The third-order valence-electron chi connectivity index (χ3n) is 3.19. The first kappa shape index (κ1) is 20.7. The fraction of sp³-hybridized carbons (Fsp3) is 0.467. The summed E-state index contributed by atoms with van der Waals surface area (Å²) < 4.78 is 0. The van der Waals surface area contributed by atoms with Gasteiger partial charge in [-0.1, -0.05) is 37.6 Å². The first-order chi connectivity index (χ1) is 9.81. The number of nitrogens with one attached hydrogen (secondary N) is 2. The highest BCUT2D eigenvalue weighted by molar-refractivity contribution is 6.30. The quantitative estimate of drug-likeness (QED) is 0.736. The van der Waals surface area contributed by atoms with Gasteiger partial charge in [0.15, 0.2) is 0 Å². The number of amides is 2. The average Bonchev–Trinajstić information content (AvgIpc) is 2.44. The molecule has 0 aliphatic carbocycles. The van der Waals surface area contributed by atoms with Gasteiger partial charge < -0.3 is 16.4 Å². The minimum atomic E-state index is -0.605. The summed E-state index contributed by atoms with van der Waals surface area (Å²) in [7, 11) is 0. The Bertz CT molecular complexity index is 492. The second-order valence-electron chi connectivity index (χ2n) is 5.33. The zero-order valence-electron chi connectivity index (χ0n) is 12.9. The van der Waals surface area contributed by atoms with E-state index in [1.54, 1.807) is 12.1 Å². The molecule has 0 spiro atoms. The number of nitrogens with two attached hydrogens (primary N) is 1. The van der Waals surface area contributed by atoms with Gasteiger partial charge in [0.25, 0.3) is 0 Å². The number of halogens is 2. The van der Waals surface area contributed by atoms with Crippen LogP contribution in [0.3, 0.4) is 0 Å². The molecular formula is C15H23Cl2N3O2. The maximum Gasteiger partial charge on any atom is 0.239 e. The van der Waals surface area contributed by atoms with Gasteiger partial charge >= 0.3 is 0 Å². The summed E-state index contributed by atoms with van der Waals surface area (Å²) in [6, 6.07) is 6.46. The van der Waals surface area contributed by atoms with Gasteiger partial charge in [0.05, 0.1) is 18.6 Å². The van der Waals surface area contributed by atoms with Crippen LogP contribution in [0.1, 0.15) is 32.4 Å². The minimum Gasteiger partial charge on any atom is -0.348 e. The van der Waals surface area contributed by atoms with Crippen molar-refractivity contribution >= 4 is 35.8 Å². The third kappa shape index (κ3) is 6.64. The average molecular weight is 348 g/mol. The van der Waals surface area contributed by atoms with Gasteiger partial charge in [0.2, 0.25) is 11.8 Å². The van der Waals surface area contributed by atoms with Crippen molar-refractivity contribution in [1.29, 1.82) is 0 Å². The summed E-state index contributed by atoms with van der Waals surface area (Å²) >= 11 is 5.82. The second kappa shape index (κ2) is 9.66. The van der Waals surface area contributed by atoms with Crippen molar-refractivity contribution in [2.24, 2.45) is 11.7 Å². The van der Waals surface area contributed by atoms with Crippen LogP contribution in [0.4, 0.5) is 0 Å². The molecule has 2 atom stereocenters. The summed E-state index contributed by atoms with van der Waals surface area (Å²) in [5, 5.41) is 5.98. The Balaban J connectivity index is 0.00000441. The zero-order valence-corrected chi connectivity index (χ0v) is 14.5. The van der Waals surface area contributed by atoms with Gasteiger partial charge in [0.1, 0.15) is 0 Å². The maximum atomic E-state index is 11.8. The maximum absolute atomic E-state index is 11.8. The van der Waals surface area contributed by atoms with E-state index < -0.39 is 6.04 Å². The lowest BCUT2D eigenvalue weighted by Gasteiger charge is -2.17. The monoisotopic (exact) mass is 347 g/mol. The largest absolute Gasteiger partial charge is 0.348 e. The smallest absolute Gasteiger partial charge is 0.239 e. The minimum absolute atomic E-state index is 0. The molecule has 1 aromatic carbocycles. The molecule has 22 heavy (non-hydrogen) atoms.